The maximum Gasteiger partial charge on any atom is 2.00 e. The summed E-state index contributed by atoms with van der Waals surface area (Å²) in [4.78, 5) is 41.0. The van der Waals surface area contributed by atoms with Crippen molar-refractivity contribution in [2.24, 2.45) is 0 Å². The maximum atomic E-state index is 10.3. The Morgan fingerprint density at radius 1 is 1.05 bits per heavy atom. The van der Waals surface area contributed by atoms with Gasteiger partial charge >= 0.3 is 34.1 Å². The van der Waals surface area contributed by atoms with Gasteiger partial charge < -0.3 is 57.8 Å². The van der Waals surface area contributed by atoms with Gasteiger partial charge in [-0.1, -0.05) is 0 Å². The third kappa shape index (κ3) is 7.78. The standard InChI is InChI=1S/C6H14O12P2.2Fe/c7-4-3(1-16-19(10,11)12)18-6(9,5(4)8)2-17-20(13,14)15;;/h3-5,7-9H,1-2H2,(H2,10,11,12)(H2,13,14,15);;/q;2*+2/p-4/t3-,4-,5+,6-;;/m1../s1. The first-order chi connectivity index (χ1) is 8.84. The van der Waals surface area contributed by atoms with Crippen LogP contribution in [0.5, 0.6) is 0 Å². The van der Waals surface area contributed by atoms with Gasteiger partial charge in [-0.25, -0.2) is 0 Å². The van der Waals surface area contributed by atoms with E-state index in [2.05, 4.69) is 13.8 Å². The van der Waals surface area contributed by atoms with Gasteiger partial charge in [-0.15, -0.1) is 0 Å². The molecule has 22 heavy (non-hydrogen) atoms. The summed E-state index contributed by atoms with van der Waals surface area (Å²) in [6, 6.07) is 0. The fourth-order valence-corrected chi connectivity index (χ4v) is 2.13. The van der Waals surface area contributed by atoms with Gasteiger partial charge in [-0.3, -0.25) is 0 Å². The van der Waals surface area contributed by atoms with Crippen molar-refractivity contribution < 1.29 is 91.9 Å². The first kappa shape index (κ1) is 25.3. The summed E-state index contributed by atoms with van der Waals surface area (Å²) in [6.07, 6.45) is -5.69. The minimum absolute atomic E-state index is 0. The van der Waals surface area contributed by atoms with E-state index >= 15 is 0 Å². The second-order valence-electron chi connectivity index (χ2n) is 3.90. The predicted octanol–water partition coefficient (Wildman–Crippen LogP) is -5.52. The smallest absolute Gasteiger partial charge is 0.790 e. The van der Waals surface area contributed by atoms with Crippen LogP contribution in [-0.2, 0) is 57.1 Å². The number of hydrogen-bond donors (Lipinski definition) is 3. The summed E-state index contributed by atoms with van der Waals surface area (Å²) in [7, 11) is -10.9. The van der Waals surface area contributed by atoms with Crippen molar-refractivity contribution >= 4 is 15.6 Å². The Hall–Kier alpha value is 1.10. The van der Waals surface area contributed by atoms with Crippen LogP contribution < -0.4 is 19.6 Å². The summed E-state index contributed by atoms with van der Waals surface area (Å²) in [5, 5.41) is 28.5. The average molecular weight is 448 g/mol. The second kappa shape index (κ2) is 8.98. The monoisotopic (exact) mass is 448 g/mol. The Kier molecular flexibility index (Phi) is 10.3. The van der Waals surface area contributed by atoms with Crippen molar-refractivity contribution in [1.29, 1.82) is 0 Å². The van der Waals surface area contributed by atoms with Crippen LogP contribution in [0.3, 0.4) is 0 Å². The maximum absolute atomic E-state index is 10.3. The molecule has 3 N–H and O–H groups in total. The van der Waals surface area contributed by atoms with E-state index in [0.29, 0.717) is 0 Å². The third-order valence-electron chi connectivity index (χ3n) is 2.35. The molecule has 1 aliphatic heterocycles. The van der Waals surface area contributed by atoms with Crippen LogP contribution >= 0.6 is 15.6 Å². The van der Waals surface area contributed by atoms with E-state index in [1.807, 2.05) is 0 Å². The molecule has 0 bridgehead atoms. The molecular weight excluding hydrogens is 438 g/mol. The van der Waals surface area contributed by atoms with Crippen molar-refractivity contribution in [3.8, 4) is 0 Å². The Balaban J connectivity index is 0. The number of phosphoric ester groups is 2. The van der Waals surface area contributed by atoms with Crippen molar-refractivity contribution in [3.63, 3.8) is 0 Å². The fraction of sp³-hybridized carbons (Fsp3) is 1.00. The topological polar surface area (TPSA) is 215 Å². The first-order valence-electron chi connectivity index (χ1n) is 4.93. The molecule has 12 nitrogen and oxygen atoms in total. The molecule has 0 amide bonds. The zero-order chi connectivity index (χ0) is 15.8. The molecule has 1 saturated heterocycles. The summed E-state index contributed by atoms with van der Waals surface area (Å²) in [6.45, 7) is -2.37. The molecule has 1 fully saturated rings. The van der Waals surface area contributed by atoms with Crippen LogP contribution in [-0.4, -0.2) is 52.6 Å². The largest absolute Gasteiger partial charge is 2.00 e. The van der Waals surface area contributed by atoms with Gasteiger partial charge in [-0.05, 0) is 0 Å². The molecule has 0 saturated carbocycles. The predicted molar refractivity (Wildman–Crippen MR) is 49.0 cm³/mol. The number of rotatable bonds is 6. The SMILES string of the molecule is O=P([O-])([O-])OC[C@H]1O[C@](O)(COP(=O)([O-])[O-])[C@@H](O)[C@@H]1O.[Fe+2].[Fe+2]. The van der Waals surface area contributed by atoms with E-state index in [-0.39, 0.29) is 34.1 Å². The van der Waals surface area contributed by atoms with Gasteiger partial charge in [0.15, 0.2) is 0 Å². The number of phosphoric acid groups is 2. The molecule has 1 rings (SSSR count). The van der Waals surface area contributed by atoms with Gasteiger partial charge in [-0.2, -0.15) is 0 Å². The van der Waals surface area contributed by atoms with Gasteiger partial charge in [0.05, 0.1) is 22.3 Å². The van der Waals surface area contributed by atoms with E-state index in [1.54, 1.807) is 0 Å². The molecule has 0 aromatic carbocycles. The van der Waals surface area contributed by atoms with Gasteiger partial charge in [0.2, 0.25) is 5.79 Å². The number of ether oxygens (including phenoxy) is 1. The molecule has 0 aromatic rings. The first-order valence-corrected chi connectivity index (χ1v) is 7.86. The van der Waals surface area contributed by atoms with Crippen LogP contribution in [0.15, 0.2) is 0 Å². The van der Waals surface area contributed by atoms with E-state index in [0.717, 1.165) is 0 Å². The Labute approximate surface area is 145 Å². The van der Waals surface area contributed by atoms with Crippen molar-refractivity contribution in [2.45, 2.75) is 24.1 Å². The fourth-order valence-electron chi connectivity index (χ4n) is 1.46. The Morgan fingerprint density at radius 2 is 1.50 bits per heavy atom. The summed E-state index contributed by atoms with van der Waals surface area (Å²) < 4.78 is 32.6. The molecule has 1 aliphatic rings. The minimum Gasteiger partial charge on any atom is -0.790 e. The number of aliphatic hydroxyl groups excluding tert-OH is 2. The zero-order valence-corrected chi connectivity index (χ0v) is 14.3. The summed E-state index contributed by atoms with van der Waals surface area (Å²) in [5.41, 5.74) is 0. The number of aliphatic hydroxyl groups is 3. The number of hydrogen-bond acceptors (Lipinski definition) is 12. The van der Waals surface area contributed by atoms with E-state index in [4.69, 9.17) is 0 Å². The van der Waals surface area contributed by atoms with Gasteiger partial charge in [0.1, 0.15) is 24.9 Å². The van der Waals surface area contributed by atoms with Crippen molar-refractivity contribution in [3.05, 3.63) is 0 Å². The van der Waals surface area contributed by atoms with Crippen molar-refractivity contribution in [2.75, 3.05) is 13.2 Å². The molecule has 0 radical (unpaired) electrons. The molecule has 0 aromatic heterocycles. The van der Waals surface area contributed by atoms with Gasteiger partial charge in [0.25, 0.3) is 0 Å². The molecule has 1 heterocycles. The molecule has 0 aliphatic carbocycles. The quantitative estimate of drug-likeness (QED) is 0.256. The normalized spacial score (nSPS) is 32.2. The van der Waals surface area contributed by atoms with Gasteiger partial charge in [0, 0.05) is 0 Å². The van der Waals surface area contributed by atoms with Crippen LogP contribution in [0.25, 0.3) is 0 Å². The van der Waals surface area contributed by atoms with Crippen molar-refractivity contribution in [1.82, 2.24) is 0 Å². The van der Waals surface area contributed by atoms with Crippen LogP contribution in [0.4, 0.5) is 0 Å². The van der Waals surface area contributed by atoms with Crippen LogP contribution in [0, 0.1) is 0 Å². The molecule has 4 atom stereocenters. The van der Waals surface area contributed by atoms with Crippen LogP contribution in [0.1, 0.15) is 0 Å². The molecule has 132 valence electrons. The zero-order valence-electron chi connectivity index (χ0n) is 10.3. The average Bonchev–Trinajstić information content (AvgIpc) is 2.48. The minimum atomic E-state index is -5.48. The van der Waals surface area contributed by atoms with E-state index < -0.39 is 53.0 Å². The molecule has 0 spiro atoms. The third-order valence-corrected chi connectivity index (χ3v) is 3.26. The Bertz CT molecular complexity index is 437. The molecular formula is C6H10Fe2O12P2. The summed E-state index contributed by atoms with van der Waals surface area (Å²) in [5.74, 6) is -2.78. The summed E-state index contributed by atoms with van der Waals surface area (Å²) >= 11 is 0. The van der Waals surface area contributed by atoms with E-state index in [9.17, 15) is 44.0 Å². The molecule has 0 unspecified atom stereocenters. The second-order valence-corrected chi connectivity index (χ2v) is 6.21. The van der Waals surface area contributed by atoms with Crippen LogP contribution in [0.2, 0.25) is 0 Å². The molecule has 16 heteroatoms. The van der Waals surface area contributed by atoms with E-state index in [1.165, 1.54) is 0 Å². The Morgan fingerprint density at radius 3 is 1.91 bits per heavy atom.